The lowest BCUT2D eigenvalue weighted by Crippen LogP contribution is -2.44. The molecule has 1 aromatic carbocycles. The molecule has 1 fully saturated rings. The van der Waals surface area contributed by atoms with Crippen LogP contribution < -0.4 is 20.3 Å². The van der Waals surface area contributed by atoms with Gasteiger partial charge in [0, 0.05) is 25.7 Å². The molecule has 1 aliphatic heterocycles. The molecule has 1 aliphatic rings. The Labute approximate surface area is 192 Å². The molecule has 0 saturated carbocycles. The highest BCUT2D eigenvalue weighted by Gasteiger charge is 2.25. The van der Waals surface area contributed by atoms with Gasteiger partial charge >= 0.3 is 5.69 Å². The van der Waals surface area contributed by atoms with Crippen LogP contribution in [0.3, 0.4) is 0 Å². The second-order valence-electron chi connectivity index (χ2n) is 6.73. The first-order valence-corrected chi connectivity index (χ1v) is 9.70. The maximum absolute atomic E-state index is 10.7. The van der Waals surface area contributed by atoms with Crippen molar-refractivity contribution in [3.05, 3.63) is 46.8 Å². The Kier molecular flexibility index (Phi) is 9.15. The standard InChI is InChI=1S/C19H27N7O3.HI/c1-3-20-19(21-9-11-25-14-16(12-22-25)26(27)28)23-15-8-10-24(13-15)17-6-4-5-7-18(17)29-2;/h4-7,12,14-15H,3,8-11,13H2,1-2H3,(H2,20,21,23);1H. The molecule has 2 aromatic rings. The molecule has 0 spiro atoms. The van der Waals surface area contributed by atoms with Crippen LogP contribution in [0, 0.1) is 10.1 Å². The molecule has 1 atom stereocenters. The van der Waals surface area contributed by atoms with Crippen LogP contribution in [0.1, 0.15) is 13.3 Å². The lowest BCUT2D eigenvalue weighted by Gasteiger charge is -2.22. The van der Waals surface area contributed by atoms with Gasteiger partial charge in [-0.05, 0) is 25.5 Å². The number of aromatic nitrogens is 2. The summed E-state index contributed by atoms with van der Waals surface area (Å²) in [5.74, 6) is 1.61. The van der Waals surface area contributed by atoms with Crippen LogP contribution in [-0.2, 0) is 6.54 Å². The fraction of sp³-hybridized carbons (Fsp3) is 0.474. The zero-order chi connectivity index (χ0) is 20.6. The van der Waals surface area contributed by atoms with E-state index < -0.39 is 4.92 Å². The van der Waals surface area contributed by atoms with Gasteiger partial charge in [0.25, 0.3) is 0 Å². The summed E-state index contributed by atoms with van der Waals surface area (Å²) in [6.07, 6.45) is 3.66. The van der Waals surface area contributed by atoms with Crippen molar-refractivity contribution in [3.63, 3.8) is 0 Å². The first kappa shape index (κ1) is 23.7. The van der Waals surface area contributed by atoms with Crippen molar-refractivity contribution in [1.82, 2.24) is 20.4 Å². The summed E-state index contributed by atoms with van der Waals surface area (Å²) in [5.41, 5.74) is 1.09. The van der Waals surface area contributed by atoms with E-state index in [0.29, 0.717) is 13.1 Å². The van der Waals surface area contributed by atoms with Gasteiger partial charge in [-0.1, -0.05) is 12.1 Å². The van der Waals surface area contributed by atoms with Crippen molar-refractivity contribution in [2.75, 3.05) is 38.2 Å². The van der Waals surface area contributed by atoms with E-state index >= 15 is 0 Å². The molecule has 1 aromatic heterocycles. The molecule has 0 amide bonds. The van der Waals surface area contributed by atoms with Crippen molar-refractivity contribution in [1.29, 1.82) is 0 Å². The molecule has 1 unspecified atom stereocenters. The van der Waals surface area contributed by atoms with Crippen LogP contribution in [0.5, 0.6) is 5.75 Å². The van der Waals surface area contributed by atoms with Gasteiger partial charge in [-0.3, -0.25) is 19.8 Å². The number of guanidine groups is 1. The third-order valence-electron chi connectivity index (χ3n) is 4.73. The number of ether oxygens (including phenoxy) is 1. The summed E-state index contributed by atoms with van der Waals surface area (Å²) in [6.45, 7) is 5.51. The third-order valence-corrected chi connectivity index (χ3v) is 4.73. The number of aliphatic imine (C=N–C) groups is 1. The highest BCUT2D eigenvalue weighted by atomic mass is 127. The Balaban J connectivity index is 0.00000320. The summed E-state index contributed by atoms with van der Waals surface area (Å²) in [7, 11) is 1.69. The smallest absolute Gasteiger partial charge is 0.306 e. The number of para-hydroxylation sites is 2. The van der Waals surface area contributed by atoms with Crippen molar-refractivity contribution in [2.45, 2.75) is 25.9 Å². The average Bonchev–Trinajstić information content (AvgIpc) is 3.38. The summed E-state index contributed by atoms with van der Waals surface area (Å²) >= 11 is 0. The maximum atomic E-state index is 10.7. The number of methoxy groups -OCH3 is 1. The van der Waals surface area contributed by atoms with Crippen LogP contribution >= 0.6 is 24.0 Å². The van der Waals surface area contributed by atoms with Gasteiger partial charge < -0.3 is 20.3 Å². The summed E-state index contributed by atoms with van der Waals surface area (Å²) < 4.78 is 7.01. The maximum Gasteiger partial charge on any atom is 0.306 e. The number of hydrogen-bond acceptors (Lipinski definition) is 6. The summed E-state index contributed by atoms with van der Waals surface area (Å²) in [6, 6.07) is 8.30. The number of nitro groups is 1. The zero-order valence-electron chi connectivity index (χ0n) is 17.2. The molecule has 164 valence electrons. The molecule has 3 rings (SSSR count). The van der Waals surface area contributed by atoms with E-state index in [1.807, 2.05) is 25.1 Å². The fourth-order valence-corrected chi connectivity index (χ4v) is 3.33. The van der Waals surface area contributed by atoms with E-state index in [-0.39, 0.29) is 35.7 Å². The van der Waals surface area contributed by atoms with E-state index in [9.17, 15) is 10.1 Å². The Hall–Kier alpha value is -2.57. The highest BCUT2D eigenvalue weighted by Crippen LogP contribution is 2.30. The molecule has 0 radical (unpaired) electrons. The van der Waals surface area contributed by atoms with Crippen molar-refractivity contribution in [3.8, 4) is 5.75 Å². The van der Waals surface area contributed by atoms with Gasteiger partial charge in [-0.15, -0.1) is 24.0 Å². The second kappa shape index (κ2) is 11.6. The van der Waals surface area contributed by atoms with Gasteiger partial charge in [-0.25, -0.2) is 0 Å². The number of anilines is 1. The number of halogens is 1. The van der Waals surface area contributed by atoms with Crippen LogP contribution in [0.25, 0.3) is 0 Å². The number of benzene rings is 1. The molecule has 11 heteroatoms. The summed E-state index contributed by atoms with van der Waals surface area (Å²) in [5, 5.41) is 21.5. The van der Waals surface area contributed by atoms with Gasteiger partial charge in [-0.2, -0.15) is 5.10 Å². The Bertz CT molecular complexity index is 858. The van der Waals surface area contributed by atoms with Gasteiger partial charge in [0.15, 0.2) is 5.96 Å². The quantitative estimate of drug-likeness (QED) is 0.178. The predicted octanol–water partition coefficient (Wildman–Crippen LogP) is 2.25. The SMILES string of the molecule is CCNC(=NCCn1cc([N+](=O)[O-])cn1)NC1CCN(c2ccccc2OC)C1.I. The number of rotatable bonds is 8. The number of nitrogens with one attached hydrogen (secondary N) is 2. The topological polar surface area (TPSA) is 110 Å². The molecule has 2 N–H and O–H groups in total. The van der Waals surface area contributed by atoms with Crippen molar-refractivity contribution < 1.29 is 9.66 Å². The molecule has 2 heterocycles. The van der Waals surface area contributed by atoms with E-state index in [2.05, 4.69) is 31.7 Å². The monoisotopic (exact) mass is 529 g/mol. The van der Waals surface area contributed by atoms with Crippen LogP contribution in [-0.4, -0.2) is 60.0 Å². The first-order valence-electron chi connectivity index (χ1n) is 9.70. The lowest BCUT2D eigenvalue weighted by atomic mass is 10.2. The van der Waals surface area contributed by atoms with Crippen molar-refractivity contribution >= 4 is 41.3 Å². The lowest BCUT2D eigenvalue weighted by molar-refractivity contribution is -0.385. The van der Waals surface area contributed by atoms with Crippen LogP contribution in [0.15, 0.2) is 41.7 Å². The first-order chi connectivity index (χ1) is 14.1. The molecule has 0 aliphatic carbocycles. The van der Waals surface area contributed by atoms with Crippen molar-refractivity contribution in [2.24, 2.45) is 4.99 Å². The number of hydrogen-bond donors (Lipinski definition) is 2. The van der Waals surface area contributed by atoms with E-state index in [1.54, 1.807) is 7.11 Å². The van der Waals surface area contributed by atoms with Gasteiger partial charge in [0.1, 0.15) is 18.1 Å². The molecular formula is C19H28IN7O3. The third kappa shape index (κ3) is 6.21. The average molecular weight is 529 g/mol. The molecule has 1 saturated heterocycles. The fourth-order valence-electron chi connectivity index (χ4n) is 3.33. The van der Waals surface area contributed by atoms with Crippen LogP contribution in [0.2, 0.25) is 0 Å². The van der Waals surface area contributed by atoms with Gasteiger partial charge in [0.05, 0.1) is 30.8 Å². The summed E-state index contributed by atoms with van der Waals surface area (Å²) in [4.78, 5) is 17.2. The number of nitrogens with zero attached hydrogens (tertiary/aromatic N) is 5. The van der Waals surface area contributed by atoms with E-state index in [0.717, 1.165) is 43.5 Å². The Morgan fingerprint density at radius 2 is 2.23 bits per heavy atom. The van der Waals surface area contributed by atoms with E-state index in [1.165, 1.54) is 17.1 Å². The molecular weight excluding hydrogens is 501 g/mol. The molecule has 0 bridgehead atoms. The highest BCUT2D eigenvalue weighted by molar-refractivity contribution is 14.0. The van der Waals surface area contributed by atoms with Crippen LogP contribution in [0.4, 0.5) is 11.4 Å². The minimum atomic E-state index is -0.452. The predicted molar refractivity (Wildman–Crippen MR) is 127 cm³/mol. The second-order valence-corrected chi connectivity index (χ2v) is 6.73. The molecule has 30 heavy (non-hydrogen) atoms. The normalized spacial score (nSPS) is 16.1. The molecule has 10 nitrogen and oxygen atoms in total. The van der Waals surface area contributed by atoms with Gasteiger partial charge in [0.2, 0.25) is 0 Å². The van der Waals surface area contributed by atoms with E-state index in [4.69, 9.17) is 4.74 Å². The Morgan fingerprint density at radius 1 is 1.43 bits per heavy atom. The minimum absolute atomic E-state index is 0. The zero-order valence-corrected chi connectivity index (χ0v) is 19.5. The minimum Gasteiger partial charge on any atom is -0.495 e. The largest absolute Gasteiger partial charge is 0.495 e. The Morgan fingerprint density at radius 3 is 2.93 bits per heavy atom.